The molecule has 0 radical (unpaired) electrons. The summed E-state index contributed by atoms with van der Waals surface area (Å²) in [6.45, 7) is 1.70. The quantitative estimate of drug-likeness (QED) is 0.540. The van der Waals surface area contributed by atoms with Gasteiger partial charge in [-0.25, -0.2) is 9.59 Å². The number of carboxylic acids is 1. The van der Waals surface area contributed by atoms with E-state index in [0.717, 1.165) is 6.08 Å². The summed E-state index contributed by atoms with van der Waals surface area (Å²) >= 11 is 0. The minimum absolute atomic E-state index is 0.125. The molecule has 0 aliphatic carbocycles. The fourth-order valence-electron chi connectivity index (χ4n) is 2.63. The Balaban J connectivity index is 2.15. The van der Waals surface area contributed by atoms with Crippen LogP contribution in [0.5, 0.6) is 5.75 Å². The van der Waals surface area contributed by atoms with Gasteiger partial charge in [-0.1, -0.05) is 43.3 Å². The maximum Gasteiger partial charge on any atom is 0.414 e. The van der Waals surface area contributed by atoms with Crippen LogP contribution in [0, 0.1) is 5.92 Å². The van der Waals surface area contributed by atoms with Crippen LogP contribution in [0.1, 0.15) is 28.9 Å². The number of rotatable bonds is 9. The number of hydrogen-bond donors (Lipinski definition) is 3. The third-order valence-electron chi connectivity index (χ3n) is 4.07. The second-order valence-corrected chi connectivity index (χ2v) is 6.34. The summed E-state index contributed by atoms with van der Waals surface area (Å²) in [5, 5.41) is 19.9. The van der Waals surface area contributed by atoms with Crippen molar-refractivity contribution in [2.24, 2.45) is 5.92 Å². The Morgan fingerprint density at radius 2 is 1.73 bits per heavy atom. The standard InChI is InChI=1S/C22H23NO7/c1-15(7-12-19(25)26)20(16-8-10-18(11-9-16)29-14-13-24)30-22(28)23-21(27)17-5-3-2-4-6-17/h2-12,15,20,24H,13-14H2,1H3,(H,25,26)(H,23,27,28)/b12-7+/t15-,20-/m0/s1. The van der Waals surface area contributed by atoms with E-state index >= 15 is 0 Å². The third-order valence-corrected chi connectivity index (χ3v) is 4.07. The van der Waals surface area contributed by atoms with Crippen LogP contribution in [0.3, 0.4) is 0 Å². The molecule has 0 aliphatic heterocycles. The lowest BCUT2D eigenvalue weighted by molar-refractivity contribution is -0.131. The normalized spacial score (nSPS) is 12.7. The highest BCUT2D eigenvalue weighted by Gasteiger charge is 2.23. The van der Waals surface area contributed by atoms with Gasteiger partial charge in [0.2, 0.25) is 0 Å². The molecule has 2 rings (SSSR count). The highest BCUT2D eigenvalue weighted by Crippen LogP contribution is 2.29. The van der Waals surface area contributed by atoms with Gasteiger partial charge in [0, 0.05) is 17.6 Å². The summed E-state index contributed by atoms with van der Waals surface area (Å²) in [6, 6.07) is 14.8. The van der Waals surface area contributed by atoms with E-state index < -0.39 is 30.0 Å². The van der Waals surface area contributed by atoms with Crippen molar-refractivity contribution in [1.29, 1.82) is 0 Å². The van der Waals surface area contributed by atoms with Crippen LogP contribution in [-0.2, 0) is 9.53 Å². The van der Waals surface area contributed by atoms with E-state index in [4.69, 9.17) is 19.7 Å². The zero-order chi connectivity index (χ0) is 21.9. The number of carboxylic acid groups (broad SMARTS) is 1. The van der Waals surface area contributed by atoms with Crippen molar-refractivity contribution in [2.75, 3.05) is 13.2 Å². The summed E-state index contributed by atoms with van der Waals surface area (Å²) < 4.78 is 10.8. The van der Waals surface area contributed by atoms with Gasteiger partial charge in [-0.3, -0.25) is 10.1 Å². The molecule has 0 spiro atoms. The number of imide groups is 1. The van der Waals surface area contributed by atoms with E-state index in [9.17, 15) is 14.4 Å². The first kappa shape index (κ1) is 22.6. The molecule has 3 N–H and O–H groups in total. The van der Waals surface area contributed by atoms with Gasteiger partial charge in [0.25, 0.3) is 5.91 Å². The SMILES string of the molecule is C[C@@H](/C=C/C(=O)O)[C@H](OC(=O)NC(=O)c1ccccc1)c1ccc(OCCO)cc1. The molecule has 0 saturated heterocycles. The Labute approximate surface area is 173 Å². The van der Waals surface area contributed by atoms with Crippen LogP contribution in [0.25, 0.3) is 0 Å². The molecule has 30 heavy (non-hydrogen) atoms. The van der Waals surface area contributed by atoms with Crippen LogP contribution in [-0.4, -0.2) is 41.4 Å². The highest BCUT2D eigenvalue weighted by molar-refractivity contribution is 6.02. The Morgan fingerprint density at radius 1 is 1.07 bits per heavy atom. The van der Waals surface area contributed by atoms with E-state index in [1.807, 2.05) is 0 Å². The van der Waals surface area contributed by atoms with Crippen molar-refractivity contribution in [3.63, 3.8) is 0 Å². The number of nitrogens with one attached hydrogen (secondary N) is 1. The predicted molar refractivity (Wildman–Crippen MR) is 108 cm³/mol. The minimum atomic E-state index is -1.13. The van der Waals surface area contributed by atoms with Gasteiger partial charge in [0.1, 0.15) is 18.5 Å². The van der Waals surface area contributed by atoms with Crippen LogP contribution in [0.2, 0.25) is 0 Å². The van der Waals surface area contributed by atoms with Crippen LogP contribution in [0.15, 0.2) is 66.7 Å². The van der Waals surface area contributed by atoms with Gasteiger partial charge in [-0.15, -0.1) is 0 Å². The fourth-order valence-corrected chi connectivity index (χ4v) is 2.63. The van der Waals surface area contributed by atoms with E-state index in [0.29, 0.717) is 16.9 Å². The summed E-state index contributed by atoms with van der Waals surface area (Å²) in [5.74, 6) is -1.72. The second kappa shape index (κ2) is 11.4. The lowest BCUT2D eigenvalue weighted by Gasteiger charge is -2.22. The van der Waals surface area contributed by atoms with Crippen molar-refractivity contribution in [3.8, 4) is 5.75 Å². The molecule has 2 aromatic rings. The first-order valence-electron chi connectivity index (χ1n) is 9.22. The lowest BCUT2D eigenvalue weighted by atomic mass is 9.96. The Kier molecular flexibility index (Phi) is 8.58. The maximum atomic E-state index is 12.3. The van der Waals surface area contributed by atoms with Crippen molar-refractivity contribution >= 4 is 18.0 Å². The molecule has 0 unspecified atom stereocenters. The molecule has 2 atom stereocenters. The molecule has 0 aromatic heterocycles. The van der Waals surface area contributed by atoms with Crippen LogP contribution < -0.4 is 10.1 Å². The lowest BCUT2D eigenvalue weighted by Crippen LogP contribution is -2.33. The van der Waals surface area contributed by atoms with Gasteiger partial charge >= 0.3 is 12.1 Å². The smallest absolute Gasteiger partial charge is 0.414 e. The number of alkyl carbamates (subject to hydrolysis) is 1. The van der Waals surface area contributed by atoms with E-state index in [-0.39, 0.29) is 13.2 Å². The molecule has 0 heterocycles. The number of ether oxygens (including phenoxy) is 2. The fraction of sp³-hybridized carbons (Fsp3) is 0.227. The summed E-state index contributed by atoms with van der Waals surface area (Å²) in [6.07, 6.45) is 0.559. The summed E-state index contributed by atoms with van der Waals surface area (Å²) in [7, 11) is 0. The molecule has 2 aromatic carbocycles. The van der Waals surface area contributed by atoms with Crippen molar-refractivity contribution in [3.05, 3.63) is 77.9 Å². The number of carbonyl (C=O) groups is 3. The Hall–Kier alpha value is -3.65. The number of hydrogen-bond acceptors (Lipinski definition) is 6. The minimum Gasteiger partial charge on any atom is -0.491 e. The van der Waals surface area contributed by atoms with Gasteiger partial charge < -0.3 is 19.7 Å². The van der Waals surface area contributed by atoms with Crippen molar-refractivity contribution in [2.45, 2.75) is 13.0 Å². The Morgan fingerprint density at radius 3 is 2.33 bits per heavy atom. The average molecular weight is 413 g/mol. The predicted octanol–water partition coefficient (Wildman–Crippen LogP) is 2.94. The highest BCUT2D eigenvalue weighted by atomic mass is 16.6. The summed E-state index contributed by atoms with van der Waals surface area (Å²) in [4.78, 5) is 35.3. The van der Waals surface area contributed by atoms with E-state index in [1.54, 1.807) is 61.5 Å². The number of aliphatic hydroxyl groups excluding tert-OH is 1. The van der Waals surface area contributed by atoms with Crippen molar-refractivity contribution < 1.29 is 34.1 Å². The van der Waals surface area contributed by atoms with E-state index in [1.165, 1.54) is 6.08 Å². The molecule has 8 heteroatoms. The molecule has 0 fully saturated rings. The van der Waals surface area contributed by atoms with Gasteiger partial charge in [0.05, 0.1) is 6.61 Å². The average Bonchev–Trinajstić information content (AvgIpc) is 2.75. The largest absolute Gasteiger partial charge is 0.491 e. The molecular formula is C22H23NO7. The zero-order valence-corrected chi connectivity index (χ0v) is 16.4. The molecule has 158 valence electrons. The molecule has 0 aliphatic rings. The zero-order valence-electron chi connectivity index (χ0n) is 16.4. The van der Waals surface area contributed by atoms with Gasteiger partial charge in [0.15, 0.2) is 0 Å². The first-order chi connectivity index (χ1) is 14.4. The number of benzene rings is 2. The van der Waals surface area contributed by atoms with Crippen LogP contribution in [0.4, 0.5) is 4.79 Å². The van der Waals surface area contributed by atoms with Gasteiger partial charge in [-0.2, -0.15) is 0 Å². The number of amides is 2. The first-order valence-corrected chi connectivity index (χ1v) is 9.22. The Bertz CT molecular complexity index is 878. The maximum absolute atomic E-state index is 12.3. The third kappa shape index (κ3) is 7.06. The van der Waals surface area contributed by atoms with Crippen LogP contribution >= 0.6 is 0 Å². The van der Waals surface area contributed by atoms with Gasteiger partial charge in [-0.05, 0) is 29.8 Å². The molecule has 2 amide bonds. The molecular weight excluding hydrogens is 390 g/mol. The topological polar surface area (TPSA) is 122 Å². The number of aliphatic carboxylic acids is 1. The monoisotopic (exact) mass is 413 g/mol. The molecule has 8 nitrogen and oxygen atoms in total. The number of aliphatic hydroxyl groups is 1. The second-order valence-electron chi connectivity index (χ2n) is 6.34. The van der Waals surface area contributed by atoms with Crippen molar-refractivity contribution in [1.82, 2.24) is 5.32 Å². The number of carbonyl (C=O) groups excluding carboxylic acids is 2. The summed E-state index contributed by atoms with van der Waals surface area (Å²) in [5.41, 5.74) is 0.881. The molecule has 0 saturated carbocycles. The molecule has 0 bridgehead atoms. The van der Waals surface area contributed by atoms with E-state index in [2.05, 4.69) is 5.32 Å².